The van der Waals surface area contributed by atoms with E-state index in [0.717, 1.165) is 36.6 Å². The lowest BCUT2D eigenvalue weighted by Crippen LogP contribution is -2.44. The van der Waals surface area contributed by atoms with Gasteiger partial charge in [0.2, 0.25) is 0 Å². The Hall–Kier alpha value is -3.38. The van der Waals surface area contributed by atoms with Crippen LogP contribution in [0.25, 0.3) is 0 Å². The number of nitrogens with one attached hydrogen (secondary N) is 2. The Morgan fingerprint density at radius 2 is 1.97 bits per heavy atom. The van der Waals surface area contributed by atoms with E-state index < -0.39 is 0 Å². The van der Waals surface area contributed by atoms with E-state index >= 15 is 0 Å². The molecule has 0 bridgehead atoms. The van der Waals surface area contributed by atoms with Crippen molar-refractivity contribution in [1.82, 2.24) is 10.3 Å². The van der Waals surface area contributed by atoms with Crippen molar-refractivity contribution in [3.63, 3.8) is 0 Å². The lowest BCUT2D eigenvalue weighted by Gasteiger charge is -2.45. The van der Waals surface area contributed by atoms with E-state index in [-0.39, 0.29) is 11.4 Å². The van der Waals surface area contributed by atoms with Crippen LogP contribution in [0.3, 0.4) is 0 Å². The molecule has 34 heavy (non-hydrogen) atoms. The highest BCUT2D eigenvalue weighted by Gasteiger charge is 2.45. The van der Waals surface area contributed by atoms with Gasteiger partial charge in [0, 0.05) is 28.7 Å². The van der Waals surface area contributed by atoms with Crippen molar-refractivity contribution in [1.29, 1.82) is 0 Å². The van der Waals surface area contributed by atoms with E-state index in [1.807, 2.05) is 18.2 Å². The Bertz CT molecular complexity index is 1190. The Morgan fingerprint density at radius 1 is 1.12 bits per heavy atom. The molecule has 174 valence electrons. The van der Waals surface area contributed by atoms with Crippen LogP contribution in [0, 0.1) is 0 Å². The number of benzene rings is 2. The van der Waals surface area contributed by atoms with Gasteiger partial charge < -0.3 is 15.4 Å². The van der Waals surface area contributed by atoms with Crippen molar-refractivity contribution in [2.45, 2.75) is 31.1 Å². The monoisotopic (exact) mass is 474 g/mol. The van der Waals surface area contributed by atoms with E-state index in [1.54, 1.807) is 24.5 Å². The van der Waals surface area contributed by atoms with Gasteiger partial charge in [0.1, 0.15) is 12.4 Å². The van der Waals surface area contributed by atoms with Gasteiger partial charge in [0.05, 0.1) is 24.1 Å². The number of pyridine rings is 1. The topological polar surface area (TPSA) is 75.6 Å². The summed E-state index contributed by atoms with van der Waals surface area (Å²) in [7, 11) is 0. The SMILES string of the molecule is O=C(NCCOc1ccc2c(c1)C(C1(c3ccc(Cl)cc3)CCC1)=NCC2)Nc1cccnc1. The standard InChI is InChI=1S/C27H27ClN4O2/c28-21-7-5-20(6-8-21)27(11-2-12-27)25-24-17-23(9-4-19(24)10-14-30-25)34-16-15-31-26(33)32-22-3-1-13-29-18-22/h1,3-9,13,17-18H,2,10-12,14-16H2,(H2,31,32,33). The van der Waals surface area contributed by atoms with Gasteiger partial charge in [-0.15, -0.1) is 0 Å². The third kappa shape index (κ3) is 4.64. The summed E-state index contributed by atoms with van der Waals surface area (Å²) in [5.74, 6) is 0.786. The van der Waals surface area contributed by atoms with Crippen molar-refractivity contribution >= 4 is 29.0 Å². The lowest BCUT2D eigenvalue weighted by molar-refractivity contribution is 0.247. The molecular formula is C27H27ClN4O2. The highest BCUT2D eigenvalue weighted by molar-refractivity contribution is 6.30. The number of urea groups is 1. The van der Waals surface area contributed by atoms with Gasteiger partial charge >= 0.3 is 6.03 Å². The lowest BCUT2D eigenvalue weighted by atomic mass is 9.59. The molecular weight excluding hydrogens is 448 g/mol. The number of carbonyl (C=O) groups excluding carboxylic acids is 1. The molecule has 2 aliphatic rings. The van der Waals surface area contributed by atoms with Gasteiger partial charge in [0.15, 0.2) is 0 Å². The first-order valence-corrected chi connectivity index (χ1v) is 12.0. The summed E-state index contributed by atoms with van der Waals surface area (Å²) in [4.78, 5) is 21.0. The molecule has 0 spiro atoms. The molecule has 1 aromatic heterocycles. The summed E-state index contributed by atoms with van der Waals surface area (Å²) in [5, 5.41) is 6.30. The number of carbonyl (C=O) groups is 1. The molecule has 0 radical (unpaired) electrons. The second-order valence-electron chi connectivity index (χ2n) is 8.71. The molecule has 1 aliphatic heterocycles. The van der Waals surface area contributed by atoms with Crippen molar-refractivity contribution in [3.05, 3.63) is 88.7 Å². The van der Waals surface area contributed by atoms with E-state index in [4.69, 9.17) is 21.3 Å². The molecule has 0 unspecified atom stereocenters. The Balaban J connectivity index is 1.25. The van der Waals surface area contributed by atoms with Crippen LogP contribution in [0.15, 0.2) is 72.0 Å². The van der Waals surface area contributed by atoms with Crippen LogP contribution in [0.5, 0.6) is 5.75 Å². The van der Waals surface area contributed by atoms with Crippen LogP contribution in [0.1, 0.15) is 36.0 Å². The number of aliphatic imine (C=N–C) groups is 1. The van der Waals surface area contributed by atoms with Crippen molar-refractivity contribution < 1.29 is 9.53 Å². The second kappa shape index (κ2) is 9.85. The maximum absolute atomic E-state index is 12.0. The van der Waals surface area contributed by atoms with Gasteiger partial charge in [-0.2, -0.15) is 0 Å². The zero-order chi connectivity index (χ0) is 23.4. The number of nitrogens with zero attached hydrogens (tertiary/aromatic N) is 2. The highest BCUT2D eigenvalue weighted by atomic mass is 35.5. The van der Waals surface area contributed by atoms with Gasteiger partial charge in [-0.25, -0.2) is 4.79 Å². The maximum Gasteiger partial charge on any atom is 0.319 e. The number of rotatable bonds is 7. The minimum Gasteiger partial charge on any atom is -0.492 e. The van der Waals surface area contributed by atoms with E-state index in [0.29, 0.717) is 18.8 Å². The molecule has 2 heterocycles. The summed E-state index contributed by atoms with van der Waals surface area (Å²) in [6.45, 7) is 1.57. The molecule has 2 amide bonds. The summed E-state index contributed by atoms with van der Waals surface area (Å²) < 4.78 is 5.98. The molecule has 1 saturated carbocycles. The number of ether oxygens (including phenoxy) is 1. The molecule has 1 fully saturated rings. The van der Waals surface area contributed by atoms with Crippen molar-refractivity contribution in [3.8, 4) is 5.75 Å². The van der Waals surface area contributed by atoms with Crippen LogP contribution < -0.4 is 15.4 Å². The largest absolute Gasteiger partial charge is 0.492 e. The molecule has 7 heteroatoms. The minimum absolute atomic E-state index is 0.0513. The first-order chi connectivity index (χ1) is 16.6. The van der Waals surface area contributed by atoms with Crippen LogP contribution in [0.4, 0.5) is 10.5 Å². The number of aromatic nitrogens is 1. The normalized spacial score (nSPS) is 16.0. The molecule has 5 rings (SSSR count). The van der Waals surface area contributed by atoms with Gasteiger partial charge in [-0.1, -0.05) is 36.2 Å². The smallest absolute Gasteiger partial charge is 0.319 e. The maximum atomic E-state index is 12.0. The molecule has 2 N–H and O–H groups in total. The molecule has 2 aromatic carbocycles. The zero-order valence-electron chi connectivity index (χ0n) is 18.9. The fourth-order valence-corrected chi connectivity index (χ4v) is 4.90. The Kier molecular flexibility index (Phi) is 6.50. The highest BCUT2D eigenvalue weighted by Crippen LogP contribution is 2.48. The van der Waals surface area contributed by atoms with Crippen molar-refractivity contribution in [2.75, 3.05) is 25.0 Å². The quantitative estimate of drug-likeness (QED) is 0.450. The first kappa shape index (κ1) is 22.4. The summed E-state index contributed by atoms with van der Waals surface area (Å²) in [6.07, 6.45) is 7.57. The molecule has 3 aromatic rings. The predicted molar refractivity (Wildman–Crippen MR) is 135 cm³/mol. The number of amides is 2. The Labute approximate surface area is 204 Å². The third-order valence-electron chi connectivity index (χ3n) is 6.62. The molecule has 1 aliphatic carbocycles. The van der Waals surface area contributed by atoms with Gasteiger partial charge in [-0.3, -0.25) is 9.98 Å². The van der Waals surface area contributed by atoms with E-state index in [2.05, 4.69) is 39.9 Å². The average Bonchev–Trinajstić information content (AvgIpc) is 2.83. The van der Waals surface area contributed by atoms with Crippen LogP contribution in [0.2, 0.25) is 5.02 Å². The van der Waals surface area contributed by atoms with Crippen LogP contribution in [-0.2, 0) is 11.8 Å². The summed E-state index contributed by atoms with van der Waals surface area (Å²) >= 11 is 6.15. The van der Waals surface area contributed by atoms with Crippen LogP contribution >= 0.6 is 11.6 Å². The minimum atomic E-state index is -0.286. The number of hydrogen-bond donors (Lipinski definition) is 2. The average molecular weight is 475 g/mol. The van der Waals surface area contributed by atoms with E-state index in [1.165, 1.54) is 28.8 Å². The summed E-state index contributed by atoms with van der Waals surface area (Å²) in [6, 6.07) is 17.8. The predicted octanol–water partition coefficient (Wildman–Crippen LogP) is 5.40. The van der Waals surface area contributed by atoms with Gasteiger partial charge in [-0.05, 0) is 66.8 Å². The molecule has 0 saturated heterocycles. The molecule has 0 atom stereocenters. The number of anilines is 1. The Morgan fingerprint density at radius 3 is 2.71 bits per heavy atom. The second-order valence-corrected chi connectivity index (χ2v) is 9.15. The fourth-order valence-electron chi connectivity index (χ4n) is 4.77. The summed E-state index contributed by atoms with van der Waals surface area (Å²) in [5.41, 5.74) is 5.54. The van der Waals surface area contributed by atoms with Crippen LogP contribution in [-0.4, -0.2) is 36.4 Å². The molecule has 6 nitrogen and oxygen atoms in total. The number of hydrogen-bond acceptors (Lipinski definition) is 4. The van der Waals surface area contributed by atoms with Crippen molar-refractivity contribution in [2.24, 2.45) is 4.99 Å². The zero-order valence-corrected chi connectivity index (χ0v) is 19.6. The fraction of sp³-hybridized carbons (Fsp3) is 0.296. The van der Waals surface area contributed by atoms with Gasteiger partial charge in [0.25, 0.3) is 0 Å². The number of fused-ring (bicyclic) bond motifs is 1. The third-order valence-corrected chi connectivity index (χ3v) is 6.87. The first-order valence-electron chi connectivity index (χ1n) is 11.7. The van der Waals surface area contributed by atoms with E-state index in [9.17, 15) is 4.79 Å². The number of halogens is 1.